The molecule has 0 saturated heterocycles. The van der Waals surface area contributed by atoms with Crippen LogP contribution in [0.3, 0.4) is 0 Å². The number of fused-ring (bicyclic) bond motifs is 1. The fourth-order valence-corrected chi connectivity index (χ4v) is 3.01. The molecule has 28 heavy (non-hydrogen) atoms. The molecule has 1 aliphatic rings. The van der Waals surface area contributed by atoms with Gasteiger partial charge in [-0.2, -0.15) is 0 Å². The minimum atomic E-state index is -0.172. The maximum Gasteiger partial charge on any atom is 0.251 e. The number of benzene rings is 2. The number of amides is 2. The minimum Gasteiger partial charge on any atom is -0.486 e. The number of halogens is 1. The Labute approximate surface area is 169 Å². The molecule has 0 spiro atoms. The molecule has 1 heterocycles. The molecule has 1 aliphatic heterocycles. The number of hydrogen-bond donors (Lipinski definition) is 1. The van der Waals surface area contributed by atoms with Gasteiger partial charge in [0.25, 0.3) is 5.91 Å². The van der Waals surface area contributed by atoms with Crippen LogP contribution in [-0.2, 0) is 11.3 Å². The molecule has 7 heteroatoms. The molecule has 2 amide bonds. The topological polar surface area (TPSA) is 67.9 Å². The SMILES string of the molecule is CN(Cc1ccc2c(c1)OCCO2)C(=O)CCCNC(=O)c1ccc(Cl)cc1. The van der Waals surface area contributed by atoms with Gasteiger partial charge in [0.15, 0.2) is 11.5 Å². The smallest absolute Gasteiger partial charge is 0.251 e. The molecule has 0 aromatic heterocycles. The first-order chi connectivity index (χ1) is 13.5. The van der Waals surface area contributed by atoms with Crippen LogP contribution in [0.5, 0.6) is 11.5 Å². The zero-order valence-electron chi connectivity index (χ0n) is 15.7. The first-order valence-corrected chi connectivity index (χ1v) is 9.57. The summed E-state index contributed by atoms with van der Waals surface area (Å²) in [5.41, 5.74) is 1.53. The van der Waals surface area contributed by atoms with E-state index in [4.69, 9.17) is 21.1 Å². The van der Waals surface area contributed by atoms with Gasteiger partial charge in [-0.05, 0) is 48.4 Å². The second kappa shape index (κ2) is 9.46. The summed E-state index contributed by atoms with van der Waals surface area (Å²) in [6.07, 6.45) is 0.936. The lowest BCUT2D eigenvalue weighted by atomic mass is 10.1. The van der Waals surface area contributed by atoms with Crippen molar-refractivity contribution in [3.8, 4) is 11.5 Å². The Balaban J connectivity index is 1.40. The normalized spacial score (nSPS) is 12.4. The molecule has 0 aliphatic carbocycles. The second-order valence-corrected chi connectivity index (χ2v) is 7.03. The second-order valence-electron chi connectivity index (χ2n) is 6.59. The highest BCUT2D eigenvalue weighted by Gasteiger charge is 2.14. The largest absolute Gasteiger partial charge is 0.486 e. The van der Waals surface area contributed by atoms with Crippen LogP contribution in [-0.4, -0.2) is 43.5 Å². The highest BCUT2D eigenvalue weighted by molar-refractivity contribution is 6.30. The highest BCUT2D eigenvalue weighted by Crippen LogP contribution is 2.31. The van der Waals surface area contributed by atoms with Crippen molar-refractivity contribution in [2.45, 2.75) is 19.4 Å². The third-order valence-corrected chi connectivity index (χ3v) is 4.66. The number of carbonyl (C=O) groups is 2. The van der Waals surface area contributed by atoms with Crippen molar-refractivity contribution in [2.75, 3.05) is 26.8 Å². The van der Waals surface area contributed by atoms with Crippen LogP contribution in [0.25, 0.3) is 0 Å². The van der Waals surface area contributed by atoms with Crippen molar-refractivity contribution in [1.82, 2.24) is 10.2 Å². The third kappa shape index (κ3) is 5.39. The van der Waals surface area contributed by atoms with Crippen LogP contribution >= 0.6 is 11.6 Å². The van der Waals surface area contributed by atoms with Crippen LogP contribution in [0.15, 0.2) is 42.5 Å². The molecule has 0 unspecified atom stereocenters. The quantitative estimate of drug-likeness (QED) is 0.722. The molecular formula is C21H23ClN2O4. The first-order valence-electron chi connectivity index (χ1n) is 9.19. The van der Waals surface area contributed by atoms with E-state index >= 15 is 0 Å². The molecule has 148 valence electrons. The molecule has 2 aromatic carbocycles. The number of nitrogens with zero attached hydrogens (tertiary/aromatic N) is 1. The van der Waals surface area contributed by atoms with E-state index in [-0.39, 0.29) is 11.8 Å². The predicted molar refractivity (Wildman–Crippen MR) is 107 cm³/mol. The highest BCUT2D eigenvalue weighted by atomic mass is 35.5. The van der Waals surface area contributed by atoms with Gasteiger partial charge in [-0.15, -0.1) is 0 Å². The number of ether oxygens (including phenoxy) is 2. The molecule has 0 fully saturated rings. The molecule has 3 rings (SSSR count). The summed E-state index contributed by atoms with van der Waals surface area (Å²) in [7, 11) is 1.77. The van der Waals surface area contributed by atoms with Crippen molar-refractivity contribution in [3.63, 3.8) is 0 Å². The van der Waals surface area contributed by atoms with E-state index in [1.54, 1.807) is 36.2 Å². The minimum absolute atomic E-state index is 0.0237. The Morgan fingerprint density at radius 2 is 1.79 bits per heavy atom. The lowest BCUT2D eigenvalue weighted by Gasteiger charge is -2.21. The first kappa shape index (κ1) is 20.0. The number of nitrogens with one attached hydrogen (secondary N) is 1. The molecule has 0 bridgehead atoms. The average Bonchev–Trinajstić information content (AvgIpc) is 2.71. The summed E-state index contributed by atoms with van der Waals surface area (Å²) < 4.78 is 11.1. The number of hydrogen-bond acceptors (Lipinski definition) is 4. The zero-order valence-corrected chi connectivity index (χ0v) is 16.5. The lowest BCUT2D eigenvalue weighted by molar-refractivity contribution is -0.130. The van der Waals surface area contributed by atoms with Crippen LogP contribution in [0.4, 0.5) is 0 Å². The van der Waals surface area contributed by atoms with Crippen LogP contribution in [0.2, 0.25) is 5.02 Å². The van der Waals surface area contributed by atoms with Crippen molar-refractivity contribution >= 4 is 23.4 Å². The Bertz CT molecular complexity index is 839. The van der Waals surface area contributed by atoms with Gasteiger partial charge in [0.1, 0.15) is 13.2 Å². The summed E-state index contributed by atoms with van der Waals surface area (Å²) in [4.78, 5) is 26.0. The maximum absolute atomic E-state index is 12.3. The summed E-state index contributed by atoms with van der Waals surface area (Å²) in [5.74, 6) is 1.30. The van der Waals surface area contributed by atoms with Gasteiger partial charge in [0.05, 0.1) is 0 Å². The van der Waals surface area contributed by atoms with E-state index in [1.807, 2.05) is 18.2 Å². The third-order valence-electron chi connectivity index (χ3n) is 4.41. The van der Waals surface area contributed by atoms with E-state index in [0.717, 1.165) is 17.1 Å². The monoisotopic (exact) mass is 402 g/mol. The standard InChI is InChI=1S/C21H23ClN2O4/c1-24(14-15-4-9-18-19(13-15)28-12-11-27-18)20(25)3-2-10-23-21(26)16-5-7-17(22)8-6-16/h4-9,13H,2-3,10-12,14H2,1H3,(H,23,26). The Morgan fingerprint density at radius 3 is 2.54 bits per heavy atom. The molecule has 0 atom stereocenters. The number of carbonyl (C=O) groups excluding carboxylic acids is 2. The van der Waals surface area contributed by atoms with Crippen LogP contribution in [0, 0.1) is 0 Å². The van der Waals surface area contributed by atoms with Gasteiger partial charge in [-0.3, -0.25) is 9.59 Å². The Morgan fingerprint density at radius 1 is 1.07 bits per heavy atom. The molecule has 0 radical (unpaired) electrons. The molecule has 0 saturated carbocycles. The summed E-state index contributed by atoms with van der Waals surface area (Å²) in [5, 5.41) is 3.40. The Hall–Kier alpha value is -2.73. The van der Waals surface area contributed by atoms with Crippen LogP contribution in [0.1, 0.15) is 28.8 Å². The maximum atomic E-state index is 12.3. The molecule has 6 nitrogen and oxygen atoms in total. The lowest BCUT2D eigenvalue weighted by Crippen LogP contribution is -2.28. The van der Waals surface area contributed by atoms with Gasteiger partial charge in [-0.25, -0.2) is 0 Å². The number of rotatable bonds is 7. The van der Waals surface area contributed by atoms with Gasteiger partial charge in [0, 0.05) is 37.1 Å². The average molecular weight is 403 g/mol. The zero-order chi connectivity index (χ0) is 19.9. The van der Waals surface area contributed by atoms with Gasteiger partial charge < -0.3 is 19.7 Å². The predicted octanol–water partition coefficient (Wildman–Crippen LogP) is 3.28. The van der Waals surface area contributed by atoms with Crippen LogP contribution < -0.4 is 14.8 Å². The fourth-order valence-electron chi connectivity index (χ4n) is 2.88. The van der Waals surface area contributed by atoms with Crippen molar-refractivity contribution < 1.29 is 19.1 Å². The summed E-state index contributed by atoms with van der Waals surface area (Å²) in [6, 6.07) is 12.4. The van der Waals surface area contributed by atoms with Gasteiger partial charge in [-0.1, -0.05) is 17.7 Å². The molecule has 1 N–H and O–H groups in total. The van der Waals surface area contributed by atoms with Crippen molar-refractivity contribution in [2.24, 2.45) is 0 Å². The molecular weight excluding hydrogens is 380 g/mol. The van der Waals surface area contributed by atoms with Gasteiger partial charge in [0.2, 0.25) is 5.91 Å². The Kier molecular flexibility index (Phi) is 6.76. The van der Waals surface area contributed by atoms with Crippen molar-refractivity contribution in [3.05, 3.63) is 58.6 Å². The van der Waals surface area contributed by atoms with Gasteiger partial charge >= 0.3 is 0 Å². The van der Waals surface area contributed by atoms with E-state index in [9.17, 15) is 9.59 Å². The van der Waals surface area contributed by atoms with E-state index < -0.39 is 0 Å². The van der Waals surface area contributed by atoms with E-state index in [1.165, 1.54) is 0 Å². The molecule has 2 aromatic rings. The summed E-state index contributed by atoms with van der Waals surface area (Å²) >= 11 is 5.81. The fraction of sp³-hybridized carbons (Fsp3) is 0.333. The summed E-state index contributed by atoms with van der Waals surface area (Å²) in [6.45, 7) is 2.02. The van der Waals surface area contributed by atoms with E-state index in [2.05, 4.69) is 5.32 Å². The van der Waals surface area contributed by atoms with E-state index in [0.29, 0.717) is 49.7 Å². The van der Waals surface area contributed by atoms with Crippen molar-refractivity contribution in [1.29, 1.82) is 0 Å².